The minimum Gasteiger partial charge on any atom is -0.412 e. The van der Waals surface area contributed by atoms with Gasteiger partial charge in [0, 0.05) is 0 Å². The third-order valence-corrected chi connectivity index (χ3v) is 11.1. The maximum Gasteiger partial charge on any atom is 0.412 e. The summed E-state index contributed by atoms with van der Waals surface area (Å²) in [5.74, 6) is 0. The lowest BCUT2D eigenvalue weighted by molar-refractivity contribution is 0.166. The van der Waals surface area contributed by atoms with Gasteiger partial charge in [-0.05, 0) is 56.3 Å². The van der Waals surface area contributed by atoms with Gasteiger partial charge < -0.3 is 21.6 Å². The average molecular weight is 496 g/mol. The molecule has 3 aromatic rings. The normalized spacial score (nSPS) is 20.7. The summed E-state index contributed by atoms with van der Waals surface area (Å²) < 4.78 is 19.7. The molecule has 1 fully saturated rings. The Morgan fingerprint density at radius 1 is 0.844 bits per heavy atom. The molecule has 0 bridgehead atoms. The lowest BCUT2D eigenvalue weighted by Crippen LogP contribution is -2.41. The molecule has 165 valence electrons. The summed E-state index contributed by atoms with van der Waals surface area (Å²) in [5, 5.41) is 14.2. The van der Waals surface area contributed by atoms with Crippen LogP contribution in [-0.4, -0.2) is 50.6 Å². The molecule has 0 amide bonds. The molecule has 1 saturated heterocycles. The molecule has 0 saturated carbocycles. The topological polar surface area (TPSA) is 57.2 Å². The third-order valence-electron chi connectivity index (χ3n) is 7.01. The highest BCUT2D eigenvalue weighted by Crippen LogP contribution is 2.51. The molecule has 1 aliphatic carbocycles. The second kappa shape index (κ2) is 10.00. The van der Waals surface area contributed by atoms with Crippen LogP contribution >= 0.6 is 0 Å². The van der Waals surface area contributed by atoms with E-state index in [1.807, 2.05) is 0 Å². The van der Waals surface area contributed by atoms with E-state index < -0.39 is 9.28 Å². The van der Waals surface area contributed by atoms with E-state index in [-0.39, 0.29) is 41.7 Å². The van der Waals surface area contributed by atoms with E-state index in [1.165, 1.54) is 34.4 Å². The molecule has 5 nitrogen and oxygen atoms in total. The minimum atomic E-state index is -1.51. The van der Waals surface area contributed by atoms with Gasteiger partial charge in [-0.3, -0.25) is 0 Å². The van der Waals surface area contributed by atoms with E-state index in [0.29, 0.717) is 5.41 Å². The fourth-order valence-corrected chi connectivity index (χ4v) is 8.09. The molecule has 1 heterocycles. The van der Waals surface area contributed by atoms with Gasteiger partial charge in [-0.15, -0.1) is 0 Å². The molecule has 0 unspecified atom stereocenters. The molecule has 7 radical (unpaired) electrons. The van der Waals surface area contributed by atoms with Crippen LogP contribution in [0.2, 0.25) is 0 Å². The van der Waals surface area contributed by atoms with Crippen molar-refractivity contribution >= 4 is 60.8 Å². The Hall–Kier alpha value is -1.15. The predicted molar refractivity (Wildman–Crippen MR) is 131 cm³/mol. The summed E-state index contributed by atoms with van der Waals surface area (Å²) in [7, 11) is -1.66. The Kier molecular flexibility index (Phi) is 7.49. The molecule has 0 atom stereocenters. The monoisotopic (exact) mass is 495 g/mol. The summed E-state index contributed by atoms with van der Waals surface area (Å²) in [6.07, 6.45) is 2.39. The molecule has 5 rings (SSSR count). The number of rotatable bonds is 1. The average Bonchev–Trinajstić information content (AvgIpc) is 2.76. The van der Waals surface area contributed by atoms with E-state index in [2.05, 4.69) is 76.2 Å². The van der Waals surface area contributed by atoms with Crippen LogP contribution in [0.15, 0.2) is 48.5 Å². The first kappa shape index (κ1) is 24.0. The van der Waals surface area contributed by atoms with E-state index in [4.69, 9.17) is 21.6 Å². The van der Waals surface area contributed by atoms with Crippen LogP contribution in [0.3, 0.4) is 0 Å². The highest BCUT2D eigenvalue weighted by molar-refractivity contribution is 6.59. The van der Waals surface area contributed by atoms with Gasteiger partial charge in [-0.2, -0.15) is 0 Å². The SMILES string of the molecule is CC1(C)CCc2c(ccc3c2ccc2ccccc23)C1(C)C.OC[Si]1O[Si]O[Si]O[Si]O1. The Labute approximate surface area is 199 Å². The van der Waals surface area contributed by atoms with Crippen LogP contribution in [0.1, 0.15) is 45.2 Å². The fourth-order valence-electron chi connectivity index (χ4n) is 4.39. The summed E-state index contributed by atoms with van der Waals surface area (Å²) in [5.41, 5.74) is 3.70. The van der Waals surface area contributed by atoms with Gasteiger partial charge in [-0.1, -0.05) is 76.2 Å². The van der Waals surface area contributed by atoms with Crippen molar-refractivity contribution in [1.82, 2.24) is 0 Å². The number of aliphatic hydroxyl groups excluding tert-OH is 1. The molecular weight excluding hydrogens is 469 g/mol. The number of fused-ring (bicyclic) bond motifs is 5. The second-order valence-electron chi connectivity index (χ2n) is 9.17. The number of benzene rings is 3. The zero-order valence-electron chi connectivity index (χ0n) is 18.8. The first-order valence-corrected chi connectivity index (χ1v) is 14.6. The zero-order valence-corrected chi connectivity index (χ0v) is 22.8. The van der Waals surface area contributed by atoms with Crippen molar-refractivity contribution in [2.45, 2.75) is 46.0 Å². The number of hydrogen-bond acceptors (Lipinski definition) is 5. The molecular formula is C23H27O5Si4. The van der Waals surface area contributed by atoms with Crippen molar-refractivity contribution < 1.29 is 21.6 Å². The Bertz CT molecular complexity index is 1080. The summed E-state index contributed by atoms with van der Waals surface area (Å²) in [6.45, 7) is 9.66. The maximum atomic E-state index is 8.60. The number of hydrogen-bond donors (Lipinski definition) is 1. The second-order valence-corrected chi connectivity index (χ2v) is 14.0. The predicted octanol–water partition coefficient (Wildman–Crippen LogP) is 3.93. The van der Waals surface area contributed by atoms with Gasteiger partial charge in [0.25, 0.3) is 0 Å². The minimum absolute atomic E-state index is 0.00923. The maximum absolute atomic E-state index is 8.60. The molecule has 9 heteroatoms. The van der Waals surface area contributed by atoms with E-state index >= 15 is 0 Å². The lowest BCUT2D eigenvalue weighted by Gasteiger charge is -2.47. The Morgan fingerprint density at radius 2 is 1.53 bits per heavy atom. The van der Waals surface area contributed by atoms with Gasteiger partial charge in [0.2, 0.25) is 0 Å². The number of aryl methyl sites for hydroxylation is 1. The highest BCUT2D eigenvalue weighted by Gasteiger charge is 2.42. The largest absolute Gasteiger partial charge is 0.412 e. The first-order chi connectivity index (χ1) is 15.3. The third kappa shape index (κ3) is 4.72. The Balaban J connectivity index is 0.000000207. The van der Waals surface area contributed by atoms with E-state index in [1.54, 1.807) is 11.1 Å². The van der Waals surface area contributed by atoms with Crippen LogP contribution in [0.25, 0.3) is 21.5 Å². The van der Waals surface area contributed by atoms with Crippen molar-refractivity contribution in [3.05, 3.63) is 59.7 Å². The zero-order chi connectivity index (χ0) is 22.8. The van der Waals surface area contributed by atoms with Crippen molar-refractivity contribution in [1.29, 1.82) is 0 Å². The standard InChI is InChI=1S/C22H24.CH3O5Si4/c1-21(2)14-13-19-18-10-9-15-7-5-6-8-16(15)17(18)11-12-20(19)22(21,3)4;2-1-10-5-8-3-7-4-9-6-10/h5-12H,13-14H2,1-4H3;2H,1H2. The van der Waals surface area contributed by atoms with Crippen LogP contribution in [-0.2, 0) is 28.3 Å². The Morgan fingerprint density at radius 3 is 2.25 bits per heavy atom. The smallest absolute Gasteiger partial charge is 0.412 e. The molecule has 0 spiro atoms. The van der Waals surface area contributed by atoms with Crippen molar-refractivity contribution in [3.63, 3.8) is 0 Å². The van der Waals surface area contributed by atoms with Crippen molar-refractivity contribution in [3.8, 4) is 0 Å². The van der Waals surface area contributed by atoms with Gasteiger partial charge in [0.1, 0.15) is 0 Å². The van der Waals surface area contributed by atoms with Gasteiger partial charge in [0.05, 0.1) is 6.23 Å². The molecule has 32 heavy (non-hydrogen) atoms. The summed E-state index contributed by atoms with van der Waals surface area (Å²) in [4.78, 5) is 0. The van der Waals surface area contributed by atoms with Crippen LogP contribution in [0, 0.1) is 5.41 Å². The molecule has 1 aliphatic heterocycles. The van der Waals surface area contributed by atoms with Gasteiger partial charge in [0.15, 0.2) is 0 Å². The van der Waals surface area contributed by atoms with Crippen LogP contribution in [0.4, 0.5) is 0 Å². The highest BCUT2D eigenvalue weighted by atomic mass is 28.4. The molecule has 0 aromatic heterocycles. The lowest BCUT2D eigenvalue weighted by atomic mass is 9.57. The quantitative estimate of drug-likeness (QED) is 0.409. The molecule has 3 aromatic carbocycles. The molecule has 1 N–H and O–H groups in total. The van der Waals surface area contributed by atoms with Crippen LogP contribution in [0.5, 0.6) is 0 Å². The first-order valence-electron chi connectivity index (χ1n) is 10.7. The van der Waals surface area contributed by atoms with Gasteiger partial charge >= 0.3 is 39.3 Å². The number of aliphatic hydroxyl groups is 1. The van der Waals surface area contributed by atoms with E-state index in [0.717, 1.165) is 0 Å². The van der Waals surface area contributed by atoms with E-state index in [9.17, 15) is 0 Å². The molecule has 2 aliphatic rings. The fraction of sp³-hybridized carbons (Fsp3) is 0.391. The van der Waals surface area contributed by atoms with Crippen molar-refractivity contribution in [2.24, 2.45) is 5.41 Å². The van der Waals surface area contributed by atoms with Crippen molar-refractivity contribution in [2.75, 3.05) is 6.23 Å². The van der Waals surface area contributed by atoms with Gasteiger partial charge in [-0.25, -0.2) is 0 Å². The van der Waals surface area contributed by atoms with Crippen LogP contribution < -0.4 is 0 Å². The summed E-state index contributed by atoms with van der Waals surface area (Å²) >= 11 is 0. The summed E-state index contributed by atoms with van der Waals surface area (Å²) in [6, 6.07) is 18.1.